The fourth-order valence-corrected chi connectivity index (χ4v) is 3.23. The van der Waals surface area contributed by atoms with Crippen LogP contribution in [0.1, 0.15) is 10.4 Å². The van der Waals surface area contributed by atoms with E-state index in [9.17, 15) is 18.4 Å². The number of hydrogen-bond acceptors (Lipinski definition) is 4. The Bertz CT molecular complexity index is 1320. The minimum absolute atomic E-state index is 0.0587. The largest absolute Gasteiger partial charge is 0.433 e. The van der Waals surface area contributed by atoms with Gasteiger partial charge in [-0.3, -0.25) is 14.2 Å². The number of nitrogens with zero attached hydrogens (tertiary/aromatic N) is 2. The summed E-state index contributed by atoms with van der Waals surface area (Å²) in [6.07, 6.45) is 1.44. The zero-order valence-electron chi connectivity index (χ0n) is 15.8. The SMILES string of the molecule is O=C(Nc1ccc(OC(F)F)c(Cl)c1)c1ccc(-n2cnc3ccccc3c2=O)cc1. The highest BCUT2D eigenvalue weighted by molar-refractivity contribution is 6.32. The van der Waals surface area contributed by atoms with E-state index in [0.717, 1.165) is 0 Å². The summed E-state index contributed by atoms with van der Waals surface area (Å²) in [6.45, 7) is -3.00. The number of rotatable bonds is 5. The van der Waals surface area contributed by atoms with E-state index in [2.05, 4.69) is 15.0 Å². The van der Waals surface area contributed by atoms with Crippen molar-refractivity contribution < 1.29 is 18.3 Å². The van der Waals surface area contributed by atoms with Crippen molar-refractivity contribution in [1.82, 2.24) is 9.55 Å². The molecule has 31 heavy (non-hydrogen) atoms. The molecule has 0 saturated heterocycles. The third-order valence-corrected chi connectivity index (χ3v) is 4.77. The fraction of sp³-hybridized carbons (Fsp3) is 0.0455. The molecule has 1 aromatic heterocycles. The van der Waals surface area contributed by atoms with Crippen molar-refractivity contribution in [2.75, 3.05) is 5.32 Å². The Balaban J connectivity index is 1.53. The van der Waals surface area contributed by atoms with Crippen molar-refractivity contribution in [3.8, 4) is 11.4 Å². The highest BCUT2D eigenvalue weighted by Crippen LogP contribution is 2.29. The summed E-state index contributed by atoms with van der Waals surface area (Å²) in [6, 6.07) is 17.3. The molecule has 0 saturated carbocycles. The summed E-state index contributed by atoms with van der Waals surface area (Å²) < 4.78 is 30.3. The minimum atomic E-state index is -3.00. The van der Waals surface area contributed by atoms with Crippen LogP contribution in [0.3, 0.4) is 0 Å². The first-order chi connectivity index (χ1) is 14.9. The number of halogens is 3. The maximum Gasteiger partial charge on any atom is 0.387 e. The maximum atomic E-state index is 12.7. The van der Waals surface area contributed by atoms with Crippen molar-refractivity contribution in [2.45, 2.75) is 6.61 Å². The van der Waals surface area contributed by atoms with Crippen LogP contribution >= 0.6 is 11.6 Å². The number of carbonyl (C=O) groups is 1. The van der Waals surface area contributed by atoms with Crippen molar-refractivity contribution in [3.05, 3.63) is 94.0 Å². The molecule has 0 unspecified atom stereocenters. The molecule has 0 aliphatic heterocycles. The Morgan fingerprint density at radius 1 is 1.06 bits per heavy atom. The number of aromatic nitrogens is 2. The lowest BCUT2D eigenvalue weighted by molar-refractivity contribution is -0.0497. The number of carbonyl (C=O) groups excluding carboxylic acids is 1. The van der Waals surface area contributed by atoms with Crippen LogP contribution < -0.4 is 15.6 Å². The van der Waals surface area contributed by atoms with Gasteiger partial charge >= 0.3 is 6.61 Å². The lowest BCUT2D eigenvalue weighted by Crippen LogP contribution is -2.19. The van der Waals surface area contributed by atoms with E-state index in [4.69, 9.17) is 11.6 Å². The summed E-state index contributed by atoms with van der Waals surface area (Å²) in [5.74, 6) is -0.623. The number of hydrogen-bond donors (Lipinski definition) is 1. The van der Waals surface area contributed by atoms with Crippen LogP contribution in [0.2, 0.25) is 5.02 Å². The molecule has 4 aromatic rings. The molecule has 0 spiro atoms. The monoisotopic (exact) mass is 441 g/mol. The van der Waals surface area contributed by atoms with Crippen LogP contribution in [0.5, 0.6) is 5.75 Å². The van der Waals surface area contributed by atoms with Gasteiger partial charge in [0.25, 0.3) is 11.5 Å². The van der Waals surface area contributed by atoms with Crippen molar-refractivity contribution in [1.29, 1.82) is 0 Å². The molecule has 3 aromatic carbocycles. The van der Waals surface area contributed by atoms with Gasteiger partial charge in [0.2, 0.25) is 0 Å². The molecular formula is C22H14ClF2N3O3. The second-order valence-electron chi connectivity index (χ2n) is 6.46. The van der Waals surface area contributed by atoms with Gasteiger partial charge in [-0.2, -0.15) is 8.78 Å². The van der Waals surface area contributed by atoms with Crippen molar-refractivity contribution >= 4 is 34.1 Å². The molecule has 1 amide bonds. The van der Waals surface area contributed by atoms with Crippen LogP contribution in [0, 0.1) is 0 Å². The Morgan fingerprint density at radius 2 is 1.81 bits per heavy atom. The van der Waals surface area contributed by atoms with Crippen LogP contribution in [0.15, 0.2) is 77.9 Å². The van der Waals surface area contributed by atoms with Gasteiger partial charge < -0.3 is 10.1 Å². The molecule has 0 bridgehead atoms. The van der Waals surface area contributed by atoms with Crippen LogP contribution in [-0.2, 0) is 0 Å². The average Bonchev–Trinajstić information content (AvgIpc) is 2.76. The molecule has 1 heterocycles. The molecule has 9 heteroatoms. The van der Waals surface area contributed by atoms with Gasteiger partial charge in [-0.05, 0) is 54.6 Å². The Kier molecular flexibility index (Phi) is 5.64. The van der Waals surface area contributed by atoms with Gasteiger partial charge in [0.05, 0.1) is 21.6 Å². The zero-order chi connectivity index (χ0) is 22.0. The quantitative estimate of drug-likeness (QED) is 0.478. The summed E-state index contributed by atoms with van der Waals surface area (Å²) in [7, 11) is 0. The van der Waals surface area contributed by atoms with E-state index < -0.39 is 12.5 Å². The first-order valence-corrected chi connectivity index (χ1v) is 9.43. The predicted molar refractivity (Wildman–Crippen MR) is 113 cm³/mol. The second kappa shape index (κ2) is 8.53. The topological polar surface area (TPSA) is 73.2 Å². The van der Waals surface area contributed by atoms with Crippen LogP contribution in [0.4, 0.5) is 14.5 Å². The Labute approximate surface area is 179 Å². The van der Waals surface area contributed by atoms with Gasteiger partial charge in [0, 0.05) is 11.3 Å². The first kappa shape index (κ1) is 20.5. The van der Waals surface area contributed by atoms with Gasteiger partial charge in [-0.15, -0.1) is 0 Å². The number of fused-ring (bicyclic) bond motifs is 1. The van der Waals surface area contributed by atoms with E-state index in [1.165, 1.54) is 29.1 Å². The summed E-state index contributed by atoms with van der Waals surface area (Å²) in [5, 5.41) is 3.06. The molecule has 0 aliphatic rings. The smallest absolute Gasteiger partial charge is 0.387 e. The molecule has 0 fully saturated rings. The number of benzene rings is 3. The average molecular weight is 442 g/mol. The lowest BCUT2D eigenvalue weighted by Gasteiger charge is -2.10. The second-order valence-corrected chi connectivity index (χ2v) is 6.87. The van der Waals surface area contributed by atoms with Crippen LogP contribution in [-0.4, -0.2) is 22.1 Å². The molecule has 0 aliphatic carbocycles. The molecule has 1 N–H and O–H groups in total. The van der Waals surface area contributed by atoms with Crippen molar-refractivity contribution in [3.63, 3.8) is 0 Å². The van der Waals surface area contributed by atoms with Crippen LogP contribution in [0.25, 0.3) is 16.6 Å². The molecule has 6 nitrogen and oxygen atoms in total. The summed E-state index contributed by atoms with van der Waals surface area (Å²) in [4.78, 5) is 29.5. The number of ether oxygens (including phenoxy) is 1. The highest BCUT2D eigenvalue weighted by atomic mass is 35.5. The van der Waals surface area contributed by atoms with E-state index >= 15 is 0 Å². The number of amides is 1. The normalized spacial score (nSPS) is 11.0. The maximum absolute atomic E-state index is 12.7. The Hall–Kier alpha value is -3.78. The minimum Gasteiger partial charge on any atom is -0.433 e. The molecule has 4 rings (SSSR count). The molecular weight excluding hydrogens is 428 g/mol. The number of anilines is 1. The number of para-hydroxylation sites is 1. The fourth-order valence-electron chi connectivity index (χ4n) is 3.00. The third-order valence-electron chi connectivity index (χ3n) is 4.48. The molecule has 0 atom stereocenters. The van der Waals surface area contributed by atoms with E-state index in [1.54, 1.807) is 48.5 Å². The van der Waals surface area contributed by atoms with E-state index in [-0.39, 0.29) is 16.3 Å². The van der Waals surface area contributed by atoms with E-state index in [1.807, 2.05) is 0 Å². The van der Waals surface area contributed by atoms with Gasteiger partial charge in [-0.1, -0.05) is 23.7 Å². The van der Waals surface area contributed by atoms with Crippen molar-refractivity contribution in [2.24, 2.45) is 0 Å². The number of alkyl halides is 2. The summed E-state index contributed by atoms with van der Waals surface area (Å²) >= 11 is 5.90. The molecule has 0 radical (unpaired) electrons. The number of nitrogens with one attached hydrogen (secondary N) is 1. The van der Waals surface area contributed by atoms with Gasteiger partial charge in [0.15, 0.2) is 0 Å². The van der Waals surface area contributed by atoms with E-state index in [0.29, 0.717) is 27.8 Å². The van der Waals surface area contributed by atoms with Gasteiger partial charge in [0.1, 0.15) is 12.1 Å². The molecule has 156 valence electrons. The predicted octanol–water partition coefficient (Wildman–Crippen LogP) is 4.89. The zero-order valence-corrected chi connectivity index (χ0v) is 16.5. The highest BCUT2D eigenvalue weighted by Gasteiger charge is 2.12. The third kappa shape index (κ3) is 4.39. The summed E-state index contributed by atoms with van der Waals surface area (Å²) in [5.41, 5.74) is 1.58. The van der Waals surface area contributed by atoms with Gasteiger partial charge in [-0.25, -0.2) is 4.98 Å². The first-order valence-electron chi connectivity index (χ1n) is 9.05. The lowest BCUT2D eigenvalue weighted by atomic mass is 10.1. The Morgan fingerprint density at radius 3 is 2.52 bits per heavy atom. The standard InChI is InChI=1S/C22H14ClF2N3O3/c23-17-11-14(7-10-19(17)31-22(24)25)27-20(29)13-5-8-15(9-6-13)28-12-26-18-4-2-1-3-16(18)21(28)30/h1-12,22H,(H,27,29).